The lowest BCUT2D eigenvalue weighted by Crippen LogP contribution is -2.45. The number of nitrogens with zero attached hydrogens (tertiary/aromatic N) is 2. The molecule has 0 aromatic heterocycles. The summed E-state index contributed by atoms with van der Waals surface area (Å²) >= 11 is 0. The Morgan fingerprint density at radius 2 is 2.25 bits per heavy atom. The van der Waals surface area contributed by atoms with Gasteiger partial charge >= 0.3 is 0 Å². The molecule has 0 aliphatic carbocycles. The highest BCUT2D eigenvalue weighted by Gasteiger charge is 2.40. The molecule has 0 saturated carbocycles. The van der Waals surface area contributed by atoms with Crippen molar-refractivity contribution in [1.82, 2.24) is 0 Å². The van der Waals surface area contributed by atoms with Crippen LogP contribution in [0.4, 0.5) is 0 Å². The van der Waals surface area contributed by atoms with Gasteiger partial charge in [0.2, 0.25) is 6.19 Å². The predicted molar refractivity (Wildman–Crippen MR) is 79.4 cm³/mol. The average molecular weight is 268 g/mol. The van der Waals surface area contributed by atoms with Gasteiger partial charge in [-0.15, -0.1) is 0 Å². The van der Waals surface area contributed by atoms with Gasteiger partial charge in [-0.2, -0.15) is 10.3 Å². The average Bonchev–Trinajstić information content (AvgIpc) is 2.66. The Kier molecular flexibility index (Phi) is 3.50. The van der Waals surface area contributed by atoms with Crippen molar-refractivity contribution < 1.29 is 9.47 Å². The van der Waals surface area contributed by atoms with Crippen LogP contribution in [0.5, 0.6) is 5.75 Å². The smallest absolute Gasteiger partial charge is 0.205 e. The molecular formula is C15H17BN2O2. The van der Waals surface area contributed by atoms with E-state index >= 15 is 0 Å². The molecule has 0 bridgehead atoms. The highest BCUT2D eigenvalue weighted by Crippen LogP contribution is 2.37. The highest BCUT2D eigenvalue weighted by atomic mass is 16.5. The third-order valence-corrected chi connectivity index (χ3v) is 3.98. The summed E-state index contributed by atoms with van der Waals surface area (Å²) in [7, 11) is 2.03. The molecule has 1 unspecified atom stereocenters. The second-order valence-electron chi connectivity index (χ2n) is 5.63. The first kappa shape index (κ1) is 13.2. The van der Waals surface area contributed by atoms with E-state index in [0.717, 1.165) is 48.4 Å². The van der Waals surface area contributed by atoms with Crippen LogP contribution in [0.3, 0.4) is 0 Å². The standard InChI is InChI=1S/C15H17BN2O2/c16-11-3-4-14-12(7-11)13(18-10-17)8-15(20-14)5-1-2-6-19-9-15/h3-4,7H,1-2,5-6,8-9,16H2/b18-13+. The van der Waals surface area contributed by atoms with Crippen molar-refractivity contribution in [2.45, 2.75) is 31.3 Å². The molecule has 3 rings (SSSR count). The van der Waals surface area contributed by atoms with Gasteiger partial charge in [0.05, 0.1) is 12.3 Å². The van der Waals surface area contributed by atoms with E-state index in [4.69, 9.17) is 14.7 Å². The van der Waals surface area contributed by atoms with E-state index in [0.29, 0.717) is 13.0 Å². The summed E-state index contributed by atoms with van der Waals surface area (Å²) in [6.07, 6.45) is 5.68. The van der Waals surface area contributed by atoms with Gasteiger partial charge in [0.25, 0.3) is 0 Å². The Balaban J connectivity index is 2.03. The van der Waals surface area contributed by atoms with Crippen molar-refractivity contribution >= 4 is 19.0 Å². The molecule has 4 nitrogen and oxygen atoms in total. The van der Waals surface area contributed by atoms with Crippen molar-refractivity contribution in [2.24, 2.45) is 4.99 Å². The summed E-state index contributed by atoms with van der Waals surface area (Å²) in [5.41, 5.74) is 2.56. The SMILES string of the molecule is Bc1ccc2c(c1)/C(=N/C#N)CC1(CCCCOC1)O2. The topological polar surface area (TPSA) is 54.6 Å². The fourth-order valence-corrected chi connectivity index (χ4v) is 2.99. The zero-order valence-electron chi connectivity index (χ0n) is 11.7. The molecule has 0 amide bonds. The molecule has 1 aromatic rings. The lowest BCUT2D eigenvalue weighted by Gasteiger charge is -2.38. The summed E-state index contributed by atoms with van der Waals surface area (Å²) in [6.45, 7) is 1.36. The molecule has 5 heteroatoms. The van der Waals surface area contributed by atoms with Crippen molar-refractivity contribution in [2.75, 3.05) is 13.2 Å². The van der Waals surface area contributed by atoms with Crippen LogP contribution in [0, 0.1) is 11.5 Å². The van der Waals surface area contributed by atoms with Crippen LogP contribution < -0.4 is 10.2 Å². The Morgan fingerprint density at radius 3 is 3.10 bits per heavy atom. The summed E-state index contributed by atoms with van der Waals surface area (Å²) in [5.74, 6) is 0.821. The molecule has 0 radical (unpaired) electrons. The number of fused-ring (bicyclic) bond motifs is 1. The number of benzene rings is 1. The molecule has 1 spiro atoms. The lowest BCUT2D eigenvalue weighted by molar-refractivity contribution is -0.0153. The van der Waals surface area contributed by atoms with Crippen molar-refractivity contribution in [3.8, 4) is 11.9 Å². The van der Waals surface area contributed by atoms with Crippen LogP contribution in [0.25, 0.3) is 0 Å². The van der Waals surface area contributed by atoms with E-state index in [1.54, 1.807) is 0 Å². The van der Waals surface area contributed by atoms with Gasteiger partial charge < -0.3 is 9.47 Å². The van der Waals surface area contributed by atoms with Gasteiger partial charge in [-0.3, -0.25) is 0 Å². The largest absolute Gasteiger partial charge is 0.484 e. The van der Waals surface area contributed by atoms with Gasteiger partial charge in [-0.1, -0.05) is 17.6 Å². The Morgan fingerprint density at radius 1 is 1.35 bits per heavy atom. The highest BCUT2D eigenvalue weighted by molar-refractivity contribution is 6.33. The van der Waals surface area contributed by atoms with Crippen molar-refractivity contribution in [3.63, 3.8) is 0 Å². The van der Waals surface area contributed by atoms with Gasteiger partial charge in [-0.05, 0) is 25.3 Å². The molecule has 0 N–H and O–H groups in total. The maximum Gasteiger partial charge on any atom is 0.205 e. The van der Waals surface area contributed by atoms with Crippen LogP contribution in [0.15, 0.2) is 23.2 Å². The number of rotatable bonds is 0. The van der Waals surface area contributed by atoms with Crippen LogP contribution in [0.2, 0.25) is 0 Å². The Labute approximate surface area is 119 Å². The number of ether oxygens (including phenoxy) is 2. The van der Waals surface area contributed by atoms with Gasteiger partial charge in [-0.25, -0.2) is 0 Å². The van der Waals surface area contributed by atoms with Crippen LogP contribution in [-0.2, 0) is 4.74 Å². The molecule has 20 heavy (non-hydrogen) atoms. The first-order valence-corrected chi connectivity index (χ1v) is 7.06. The first-order valence-electron chi connectivity index (χ1n) is 7.06. The van der Waals surface area contributed by atoms with Crippen LogP contribution in [0.1, 0.15) is 31.2 Å². The summed E-state index contributed by atoms with van der Waals surface area (Å²) in [5, 5.41) is 8.95. The van der Waals surface area contributed by atoms with Gasteiger partial charge in [0, 0.05) is 18.6 Å². The predicted octanol–water partition coefficient (Wildman–Crippen LogP) is 0.937. The third kappa shape index (κ3) is 2.44. The lowest BCUT2D eigenvalue weighted by atomic mass is 9.84. The molecule has 1 aromatic carbocycles. The molecule has 2 heterocycles. The molecule has 1 atom stereocenters. The summed E-state index contributed by atoms with van der Waals surface area (Å²) < 4.78 is 11.9. The molecule has 1 saturated heterocycles. The van der Waals surface area contributed by atoms with E-state index in [9.17, 15) is 0 Å². The van der Waals surface area contributed by atoms with Crippen LogP contribution >= 0.6 is 0 Å². The zero-order chi connectivity index (χ0) is 14.0. The fraction of sp³-hybridized carbons (Fsp3) is 0.467. The zero-order valence-corrected chi connectivity index (χ0v) is 11.7. The van der Waals surface area contributed by atoms with Crippen molar-refractivity contribution in [1.29, 1.82) is 5.26 Å². The van der Waals surface area contributed by atoms with E-state index in [1.807, 2.05) is 32.2 Å². The summed E-state index contributed by atoms with van der Waals surface area (Å²) in [4.78, 5) is 4.03. The van der Waals surface area contributed by atoms with E-state index in [1.165, 1.54) is 0 Å². The van der Waals surface area contributed by atoms with Gasteiger partial charge in [0.15, 0.2) is 0 Å². The number of hydrogen-bond acceptors (Lipinski definition) is 4. The summed E-state index contributed by atoms with van der Waals surface area (Å²) in [6, 6.07) is 6.04. The maximum absolute atomic E-state index is 8.95. The maximum atomic E-state index is 8.95. The molecule has 1 fully saturated rings. The second-order valence-corrected chi connectivity index (χ2v) is 5.63. The first-order chi connectivity index (χ1) is 9.72. The molecular weight excluding hydrogens is 251 g/mol. The number of nitriles is 1. The Hall–Kier alpha value is -1.80. The van der Waals surface area contributed by atoms with Gasteiger partial charge in [0.1, 0.15) is 19.2 Å². The number of hydrogen-bond donors (Lipinski definition) is 0. The third-order valence-electron chi connectivity index (χ3n) is 3.98. The molecule has 2 aliphatic heterocycles. The van der Waals surface area contributed by atoms with Crippen molar-refractivity contribution in [3.05, 3.63) is 23.8 Å². The second kappa shape index (κ2) is 5.30. The minimum Gasteiger partial charge on any atom is -0.484 e. The minimum absolute atomic E-state index is 0.353. The van der Waals surface area contributed by atoms with E-state index < -0.39 is 0 Å². The normalized spacial score (nSPS) is 27.4. The quantitative estimate of drug-likeness (QED) is 0.519. The monoisotopic (exact) mass is 268 g/mol. The molecule has 2 aliphatic rings. The fourth-order valence-electron chi connectivity index (χ4n) is 2.99. The molecule has 102 valence electrons. The minimum atomic E-state index is -0.353. The van der Waals surface area contributed by atoms with Crippen LogP contribution in [-0.4, -0.2) is 32.4 Å². The van der Waals surface area contributed by atoms with E-state index in [-0.39, 0.29) is 5.60 Å². The Bertz CT molecular complexity index is 584. The number of aliphatic imine (C=N–C) groups is 1. The van der Waals surface area contributed by atoms with E-state index in [2.05, 4.69) is 4.99 Å².